The third kappa shape index (κ3) is 2.04. The molecule has 4 heteroatoms. The number of hydrogen-bond donors (Lipinski definition) is 0. The fourth-order valence-electron chi connectivity index (χ4n) is 2.08. The van der Waals surface area contributed by atoms with Gasteiger partial charge in [0.05, 0.1) is 5.52 Å². The first kappa shape index (κ1) is 12.1. The van der Waals surface area contributed by atoms with Gasteiger partial charge in [-0.25, -0.2) is 0 Å². The minimum absolute atomic E-state index is 0.814. The van der Waals surface area contributed by atoms with Crippen LogP contribution in [0.5, 0.6) is 0 Å². The van der Waals surface area contributed by atoms with Crippen molar-refractivity contribution in [1.82, 2.24) is 9.97 Å². The van der Waals surface area contributed by atoms with Gasteiger partial charge in [-0.05, 0) is 34.7 Å². The van der Waals surface area contributed by atoms with Crippen LogP contribution in [0.3, 0.4) is 0 Å². The van der Waals surface area contributed by atoms with E-state index in [1.165, 1.54) is 21.9 Å². The fraction of sp³-hybridized carbons (Fsp3) is 0.143. The van der Waals surface area contributed by atoms with Crippen LogP contribution in [0.4, 0.5) is 0 Å². The largest absolute Gasteiger partial charge is 0.264 e. The molecule has 0 aliphatic heterocycles. The molecule has 0 unspecified atom stereocenters. The van der Waals surface area contributed by atoms with Gasteiger partial charge in [0, 0.05) is 40.0 Å². The highest BCUT2D eigenvalue weighted by molar-refractivity contribution is 9.08. The van der Waals surface area contributed by atoms with Crippen molar-refractivity contribution in [3.8, 4) is 0 Å². The molecule has 3 aromatic rings. The Kier molecular flexibility index (Phi) is 3.31. The lowest BCUT2D eigenvalue weighted by molar-refractivity contribution is 1.29. The molecular formula is C14H10Br2N2. The highest BCUT2D eigenvalue weighted by Crippen LogP contribution is 2.25. The molecule has 0 aliphatic carbocycles. The lowest BCUT2D eigenvalue weighted by Crippen LogP contribution is -1.88. The van der Waals surface area contributed by atoms with Crippen molar-refractivity contribution < 1.29 is 0 Å². The van der Waals surface area contributed by atoms with Crippen LogP contribution in [0.25, 0.3) is 21.7 Å². The SMILES string of the molecule is BrCc1cnc2cc3cncc(CBr)c3cc2c1. The third-order valence-corrected chi connectivity index (χ3v) is 4.25. The van der Waals surface area contributed by atoms with E-state index in [1.807, 2.05) is 18.6 Å². The molecular weight excluding hydrogens is 356 g/mol. The molecule has 0 fully saturated rings. The molecule has 0 saturated heterocycles. The summed E-state index contributed by atoms with van der Waals surface area (Å²) in [7, 11) is 0. The number of benzene rings is 1. The second-order valence-corrected chi connectivity index (χ2v) is 5.30. The number of rotatable bonds is 2. The molecule has 18 heavy (non-hydrogen) atoms. The van der Waals surface area contributed by atoms with E-state index in [9.17, 15) is 0 Å². The number of alkyl halides is 2. The van der Waals surface area contributed by atoms with Gasteiger partial charge in [-0.15, -0.1) is 0 Å². The maximum absolute atomic E-state index is 4.49. The molecule has 1 aromatic carbocycles. The summed E-state index contributed by atoms with van der Waals surface area (Å²) in [5.74, 6) is 0. The molecule has 0 saturated carbocycles. The molecule has 2 heterocycles. The Labute approximate surface area is 122 Å². The summed E-state index contributed by atoms with van der Waals surface area (Å²) < 4.78 is 0. The van der Waals surface area contributed by atoms with E-state index in [2.05, 4.69) is 60.0 Å². The first-order chi connectivity index (χ1) is 8.81. The van der Waals surface area contributed by atoms with Crippen LogP contribution in [0.1, 0.15) is 11.1 Å². The Morgan fingerprint density at radius 2 is 1.78 bits per heavy atom. The molecule has 90 valence electrons. The molecule has 0 amide bonds. The van der Waals surface area contributed by atoms with E-state index in [1.54, 1.807) is 0 Å². The van der Waals surface area contributed by atoms with Crippen molar-refractivity contribution in [2.45, 2.75) is 10.7 Å². The second-order valence-electron chi connectivity index (χ2n) is 4.18. The standard InChI is InChI=1S/C14H10Br2N2/c15-4-9-1-10-2-13-11(3-14(10)18-6-9)7-17-8-12(13)5-16/h1-3,6-8H,4-5H2. The average Bonchev–Trinajstić information content (AvgIpc) is 2.43. The van der Waals surface area contributed by atoms with Crippen molar-refractivity contribution in [3.63, 3.8) is 0 Å². The first-order valence-corrected chi connectivity index (χ1v) is 7.83. The average molecular weight is 366 g/mol. The summed E-state index contributed by atoms with van der Waals surface area (Å²) in [5.41, 5.74) is 3.41. The van der Waals surface area contributed by atoms with Gasteiger partial charge >= 0.3 is 0 Å². The Morgan fingerprint density at radius 3 is 2.56 bits per heavy atom. The van der Waals surface area contributed by atoms with Crippen LogP contribution >= 0.6 is 31.9 Å². The van der Waals surface area contributed by atoms with Gasteiger partial charge < -0.3 is 0 Å². The molecule has 0 aliphatic rings. The van der Waals surface area contributed by atoms with Crippen LogP contribution in [-0.4, -0.2) is 9.97 Å². The van der Waals surface area contributed by atoms with Crippen LogP contribution in [0.2, 0.25) is 0 Å². The summed E-state index contributed by atoms with van der Waals surface area (Å²) in [6.07, 6.45) is 5.70. The van der Waals surface area contributed by atoms with E-state index < -0.39 is 0 Å². The molecule has 3 rings (SSSR count). The van der Waals surface area contributed by atoms with Crippen LogP contribution in [0, 0.1) is 0 Å². The highest BCUT2D eigenvalue weighted by Gasteiger charge is 2.04. The Hall–Kier alpha value is -1.00. The third-order valence-electron chi connectivity index (χ3n) is 3.00. The van der Waals surface area contributed by atoms with Crippen molar-refractivity contribution in [2.75, 3.05) is 0 Å². The first-order valence-electron chi connectivity index (χ1n) is 5.59. The van der Waals surface area contributed by atoms with Crippen molar-refractivity contribution in [2.24, 2.45) is 0 Å². The van der Waals surface area contributed by atoms with Crippen LogP contribution in [-0.2, 0) is 10.7 Å². The Bertz CT molecular complexity index is 725. The van der Waals surface area contributed by atoms with E-state index in [0.717, 1.165) is 21.6 Å². The van der Waals surface area contributed by atoms with Crippen molar-refractivity contribution in [1.29, 1.82) is 0 Å². The number of hydrogen-bond acceptors (Lipinski definition) is 2. The quantitative estimate of drug-likeness (QED) is 0.491. The van der Waals surface area contributed by atoms with Crippen LogP contribution in [0.15, 0.2) is 36.8 Å². The van der Waals surface area contributed by atoms with Gasteiger partial charge in [-0.1, -0.05) is 31.9 Å². The van der Waals surface area contributed by atoms with E-state index in [0.29, 0.717) is 0 Å². The van der Waals surface area contributed by atoms with Crippen molar-refractivity contribution >= 4 is 53.5 Å². The Morgan fingerprint density at radius 1 is 0.889 bits per heavy atom. The Balaban J connectivity index is 2.36. The topological polar surface area (TPSA) is 25.8 Å². The molecule has 0 atom stereocenters. The van der Waals surface area contributed by atoms with E-state index >= 15 is 0 Å². The summed E-state index contributed by atoms with van der Waals surface area (Å²) in [6, 6.07) is 6.47. The molecule has 0 N–H and O–H groups in total. The van der Waals surface area contributed by atoms with Crippen molar-refractivity contribution in [3.05, 3.63) is 47.9 Å². The summed E-state index contributed by atoms with van der Waals surface area (Å²) >= 11 is 6.97. The zero-order valence-electron chi connectivity index (χ0n) is 9.53. The predicted molar refractivity (Wildman–Crippen MR) is 82.3 cm³/mol. The molecule has 0 bridgehead atoms. The van der Waals surface area contributed by atoms with Gasteiger partial charge in [-0.2, -0.15) is 0 Å². The van der Waals surface area contributed by atoms with Crippen LogP contribution < -0.4 is 0 Å². The van der Waals surface area contributed by atoms with Gasteiger partial charge in [0.1, 0.15) is 0 Å². The zero-order chi connectivity index (χ0) is 12.5. The monoisotopic (exact) mass is 364 g/mol. The normalized spacial score (nSPS) is 11.2. The number of aromatic nitrogens is 2. The number of pyridine rings is 2. The highest BCUT2D eigenvalue weighted by atomic mass is 79.9. The van der Waals surface area contributed by atoms with E-state index in [4.69, 9.17) is 0 Å². The maximum Gasteiger partial charge on any atom is 0.0709 e. The predicted octanol–water partition coefficient (Wildman–Crippen LogP) is 4.57. The molecule has 2 nitrogen and oxygen atoms in total. The smallest absolute Gasteiger partial charge is 0.0709 e. The summed E-state index contributed by atoms with van der Waals surface area (Å²) in [4.78, 5) is 8.75. The summed E-state index contributed by atoms with van der Waals surface area (Å²) in [6.45, 7) is 0. The maximum atomic E-state index is 4.49. The number of nitrogens with zero attached hydrogens (tertiary/aromatic N) is 2. The van der Waals surface area contributed by atoms with Gasteiger partial charge in [0.25, 0.3) is 0 Å². The van der Waals surface area contributed by atoms with Gasteiger partial charge in [0.15, 0.2) is 0 Å². The lowest BCUT2D eigenvalue weighted by Gasteiger charge is -2.06. The fourth-order valence-corrected chi connectivity index (χ4v) is 2.83. The minimum atomic E-state index is 0.814. The minimum Gasteiger partial charge on any atom is -0.264 e. The van der Waals surface area contributed by atoms with E-state index in [-0.39, 0.29) is 0 Å². The molecule has 0 spiro atoms. The number of halogens is 2. The number of fused-ring (bicyclic) bond motifs is 2. The second kappa shape index (κ2) is 4.94. The molecule has 2 aromatic heterocycles. The van der Waals surface area contributed by atoms with Gasteiger partial charge in [-0.3, -0.25) is 9.97 Å². The molecule has 0 radical (unpaired) electrons. The van der Waals surface area contributed by atoms with Gasteiger partial charge in [0.2, 0.25) is 0 Å². The lowest BCUT2D eigenvalue weighted by atomic mass is 10.0. The zero-order valence-corrected chi connectivity index (χ0v) is 12.7. The summed E-state index contributed by atoms with van der Waals surface area (Å²) in [5, 5.41) is 5.19.